The third-order valence-electron chi connectivity index (χ3n) is 10.4. The first-order valence-electron chi connectivity index (χ1n) is 17.8. The highest BCUT2D eigenvalue weighted by molar-refractivity contribution is 7.20. The topological polar surface area (TPSA) is 17.1 Å². The zero-order valence-corrected chi connectivity index (χ0v) is 30.8. The van der Waals surface area contributed by atoms with Gasteiger partial charge in [-0.15, -0.1) is 0 Å². The summed E-state index contributed by atoms with van der Waals surface area (Å²) in [7, 11) is -5.59. The molecule has 0 saturated carbocycles. The van der Waals surface area contributed by atoms with Gasteiger partial charge in [-0.1, -0.05) is 231 Å². The highest BCUT2D eigenvalue weighted by atomic mass is 28.3. The summed E-state index contributed by atoms with van der Waals surface area (Å²) in [5.74, 6) is 0.0258. The maximum atomic E-state index is 14.9. The molecule has 0 N–H and O–H groups in total. The lowest BCUT2D eigenvalue weighted by Crippen LogP contribution is -2.74. The second-order valence-corrected chi connectivity index (χ2v) is 20.8. The van der Waals surface area contributed by atoms with E-state index >= 15 is 0 Å². The Morgan fingerprint density at radius 1 is 0.250 bits per heavy atom. The fourth-order valence-corrected chi connectivity index (χ4v) is 17.7. The third-order valence-corrected chi connectivity index (χ3v) is 19.9. The fourth-order valence-electron chi connectivity index (χ4n) is 8.08. The molecule has 0 atom stereocenters. The van der Waals surface area contributed by atoms with Gasteiger partial charge in [-0.2, -0.15) is 0 Å². The van der Waals surface area contributed by atoms with Crippen LogP contribution in [-0.4, -0.2) is 21.9 Å². The molecule has 8 rings (SSSR count). The second-order valence-electron chi connectivity index (χ2n) is 13.2. The molecule has 52 heavy (non-hydrogen) atoms. The first kappa shape index (κ1) is 33.0. The van der Waals surface area contributed by atoms with Gasteiger partial charge >= 0.3 is 0 Å². The molecule has 0 aromatic heterocycles. The highest BCUT2D eigenvalue weighted by Gasteiger charge is 2.43. The van der Waals surface area contributed by atoms with Crippen molar-refractivity contribution >= 4 is 63.4 Å². The summed E-state index contributed by atoms with van der Waals surface area (Å²) < 4.78 is 0. The summed E-state index contributed by atoms with van der Waals surface area (Å²) >= 11 is 0. The van der Waals surface area contributed by atoms with Crippen molar-refractivity contribution in [3.8, 4) is 0 Å². The average Bonchev–Trinajstić information content (AvgIpc) is 3.24. The van der Waals surface area contributed by atoms with Crippen molar-refractivity contribution in [2.75, 3.05) is 0 Å². The Bertz CT molecular complexity index is 2030. The minimum atomic E-state index is -2.80. The van der Waals surface area contributed by atoms with E-state index < -0.39 is 16.1 Å². The van der Waals surface area contributed by atoms with Crippen molar-refractivity contribution in [3.63, 3.8) is 0 Å². The van der Waals surface area contributed by atoms with Crippen LogP contribution in [0.1, 0.15) is 15.9 Å². The minimum Gasteiger partial charge on any atom is -0.289 e. The standard InChI is InChI=1S/C49H38OSi2/c50-49(39-21-19-35-47(37-39)51(41-23-7-1-8-24-41,42-25-9-2-10-26-42)43-27-11-3-12-28-43)40-22-20-36-48(38-40)52(44-29-13-4-14-30-44,45-31-15-5-16-32-45)46-33-17-6-18-34-46/h1-38H. The first-order valence-corrected chi connectivity index (χ1v) is 21.8. The molecule has 0 unspecified atom stereocenters. The van der Waals surface area contributed by atoms with Crippen LogP contribution in [-0.2, 0) is 0 Å². The van der Waals surface area contributed by atoms with E-state index in [1.807, 2.05) is 12.1 Å². The molecule has 0 fully saturated rings. The molecule has 0 heterocycles. The molecule has 1 nitrogen and oxygen atoms in total. The molecule has 0 bridgehead atoms. The molecular formula is C49H38OSi2. The molecular weight excluding hydrogens is 661 g/mol. The maximum absolute atomic E-state index is 14.9. The summed E-state index contributed by atoms with van der Waals surface area (Å²) in [5, 5.41) is 10.0. The molecule has 248 valence electrons. The van der Waals surface area contributed by atoms with Crippen molar-refractivity contribution in [1.82, 2.24) is 0 Å². The maximum Gasteiger partial charge on any atom is 0.193 e. The Labute approximate surface area is 308 Å². The molecule has 8 aromatic carbocycles. The van der Waals surface area contributed by atoms with E-state index in [1.54, 1.807) is 0 Å². The number of benzene rings is 8. The van der Waals surface area contributed by atoms with Gasteiger partial charge in [-0.3, -0.25) is 4.79 Å². The van der Waals surface area contributed by atoms with Crippen LogP contribution in [0, 0.1) is 0 Å². The highest BCUT2D eigenvalue weighted by Crippen LogP contribution is 2.16. The predicted octanol–water partition coefficient (Wildman–Crippen LogP) is 5.67. The number of ketones is 1. The van der Waals surface area contributed by atoms with Gasteiger partial charge in [0.1, 0.15) is 0 Å². The lowest BCUT2D eigenvalue weighted by atomic mass is 10.0. The number of hydrogen-bond acceptors (Lipinski definition) is 1. The van der Waals surface area contributed by atoms with Gasteiger partial charge in [-0.25, -0.2) is 0 Å². The van der Waals surface area contributed by atoms with E-state index in [4.69, 9.17) is 0 Å². The van der Waals surface area contributed by atoms with Gasteiger partial charge in [0, 0.05) is 11.1 Å². The smallest absolute Gasteiger partial charge is 0.193 e. The molecule has 0 spiro atoms. The summed E-state index contributed by atoms with van der Waals surface area (Å²) in [4.78, 5) is 14.9. The van der Waals surface area contributed by atoms with Gasteiger partial charge < -0.3 is 0 Å². The third kappa shape index (κ3) is 5.80. The lowest BCUT2D eigenvalue weighted by Gasteiger charge is -2.35. The van der Waals surface area contributed by atoms with Crippen molar-refractivity contribution in [3.05, 3.63) is 242 Å². The number of rotatable bonds is 10. The molecule has 0 aliphatic heterocycles. The Hall–Kier alpha value is -6.14. The summed E-state index contributed by atoms with van der Waals surface area (Å²) in [6.45, 7) is 0. The SMILES string of the molecule is O=C(c1cccc([Si](c2ccccc2)(c2ccccc2)c2ccccc2)c1)c1cccc([Si](c2ccccc2)(c2ccccc2)c2ccccc2)c1. The summed E-state index contributed by atoms with van der Waals surface area (Å²) in [6, 6.07) is 82.0. The van der Waals surface area contributed by atoms with Gasteiger partial charge in [-0.05, 0) is 41.5 Å². The van der Waals surface area contributed by atoms with E-state index in [0.29, 0.717) is 11.1 Å². The van der Waals surface area contributed by atoms with Gasteiger partial charge in [0.25, 0.3) is 0 Å². The van der Waals surface area contributed by atoms with Crippen LogP contribution in [0.15, 0.2) is 231 Å². The quantitative estimate of drug-likeness (QED) is 0.102. The molecule has 0 radical (unpaired) electrons. The van der Waals surface area contributed by atoms with Crippen LogP contribution in [0.2, 0.25) is 0 Å². The predicted molar refractivity (Wildman–Crippen MR) is 224 cm³/mol. The molecule has 0 aliphatic carbocycles. The van der Waals surface area contributed by atoms with Gasteiger partial charge in [0.2, 0.25) is 0 Å². The summed E-state index contributed by atoms with van der Waals surface area (Å²) in [5.41, 5.74) is 1.39. The zero-order valence-electron chi connectivity index (χ0n) is 28.8. The Morgan fingerprint density at radius 2 is 0.462 bits per heavy atom. The van der Waals surface area contributed by atoms with E-state index in [1.165, 1.54) is 41.5 Å². The largest absolute Gasteiger partial charge is 0.289 e. The average molecular weight is 699 g/mol. The van der Waals surface area contributed by atoms with Crippen molar-refractivity contribution < 1.29 is 4.79 Å². The normalized spacial score (nSPS) is 11.5. The van der Waals surface area contributed by atoms with Crippen LogP contribution in [0.25, 0.3) is 0 Å². The van der Waals surface area contributed by atoms with Crippen molar-refractivity contribution in [2.24, 2.45) is 0 Å². The van der Waals surface area contributed by atoms with Crippen LogP contribution in [0.4, 0.5) is 0 Å². The molecule has 0 amide bonds. The summed E-state index contributed by atoms with van der Waals surface area (Å²) in [6.07, 6.45) is 0. The zero-order chi connectivity index (χ0) is 35.2. The molecule has 0 aliphatic rings. The Kier molecular flexibility index (Phi) is 9.28. The Morgan fingerprint density at radius 3 is 0.692 bits per heavy atom. The molecule has 8 aromatic rings. The van der Waals surface area contributed by atoms with Gasteiger partial charge in [0.05, 0.1) is 0 Å². The van der Waals surface area contributed by atoms with Gasteiger partial charge in [0.15, 0.2) is 21.9 Å². The molecule has 0 saturated heterocycles. The van der Waals surface area contributed by atoms with E-state index in [-0.39, 0.29) is 5.78 Å². The monoisotopic (exact) mass is 698 g/mol. The number of carbonyl (C=O) groups excluding carboxylic acids is 1. The van der Waals surface area contributed by atoms with Crippen LogP contribution >= 0.6 is 0 Å². The van der Waals surface area contributed by atoms with Crippen molar-refractivity contribution in [2.45, 2.75) is 0 Å². The lowest BCUT2D eigenvalue weighted by molar-refractivity contribution is 0.103. The number of hydrogen-bond donors (Lipinski definition) is 0. The van der Waals surface area contributed by atoms with E-state index in [9.17, 15) is 4.79 Å². The van der Waals surface area contributed by atoms with Crippen LogP contribution in [0.5, 0.6) is 0 Å². The van der Waals surface area contributed by atoms with Crippen molar-refractivity contribution in [1.29, 1.82) is 0 Å². The van der Waals surface area contributed by atoms with E-state index in [2.05, 4.69) is 218 Å². The Balaban J connectivity index is 1.32. The van der Waals surface area contributed by atoms with Crippen LogP contribution in [0.3, 0.4) is 0 Å². The fraction of sp³-hybridized carbons (Fsp3) is 0. The van der Waals surface area contributed by atoms with E-state index in [0.717, 1.165) is 0 Å². The number of carbonyl (C=O) groups is 1. The first-order chi connectivity index (χ1) is 25.7. The molecule has 3 heteroatoms. The second kappa shape index (κ2) is 14.6. The van der Waals surface area contributed by atoms with Crippen LogP contribution < -0.4 is 41.5 Å². The minimum absolute atomic E-state index is 0.0258.